The summed E-state index contributed by atoms with van der Waals surface area (Å²) >= 11 is 12.6. The minimum Gasteiger partial charge on any atom is -0.496 e. The molecule has 2 aromatic carbocycles. The van der Waals surface area contributed by atoms with Crippen molar-refractivity contribution in [3.63, 3.8) is 0 Å². The summed E-state index contributed by atoms with van der Waals surface area (Å²) in [4.78, 5) is 4.49. The van der Waals surface area contributed by atoms with Gasteiger partial charge in [-0.3, -0.25) is 5.32 Å². The maximum Gasteiger partial charge on any atom is 0.130 e. The average Bonchev–Trinajstić information content (AvgIpc) is 3.03. The van der Waals surface area contributed by atoms with Gasteiger partial charge in [0.1, 0.15) is 11.6 Å². The van der Waals surface area contributed by atoms with E-state index in [0.717, 1.165) is 22.7 Å². The molecule has 1 N–H and O–H groups in total. The summed E-state index contributed by atoms with van der Waals surface area (Å²) < 4.78 is 7.41. The van der Waals surface area contributed by atoms with Crippen molar-refractivity contribution in [1.82, 2.24) is 14.9 Å². The molecule has 0 spiro atoms. The van der Waals surface area contributed by atoms with E-state index in [-0.39, 0.29) is 6.04 Å². The van der Waals surface area contributed by atoms with Gasteiger partial charge in [0.25, 0.3) is 0 Å². The van der Waals surface area contributed by atoms with Crippen LogP contribution in [0.5, 0.6) is 5.75 Å². The van der Waals surface area contributed by atoms with Crippen LogP contribution in [0.4, 0.5) is 0 Å². The Balaban J connectivity index is 1.93. The van der Waals surface area contributed by atoms with Gasteiger partial charge in [0.15, 0.2) is 0 Å². The molecule has 0 fully saturated rings. The van der Waals surface area contributed by atoms with Crippen LogP contribution in [-0.4, -0.2) is 16.7 Å². The van der Waals surface area contributed by atoms with E-state index in [1.54, 1.807) is 13.3 Å². The van der Waals surface area contributed by atoms with Crippen molar-refractivity contribution in [2.45, 2.75) is 12.6 Å². The number of imidazole rings is 1. The summed E-state index contributed by atoms with van der Waals surface area (Å²) in [6.07, 6.45) is 3.70. The topological polar surface area (TPSA) is 39.1 Å². The number of nitrogens with one attached hydrogen (secondary N) is 1. The summed E-state index contributed by atoms with van der Waals surface area (Å²) in [6.45, 7) is 0.562. The van der Waals surface area contributed by atoms with E-state index in [4.69, 9.17) is 27.9 Å². The van der Waals surface area contributed by atoms with Crippen molar-refractivity contribution in [1.29, 1.82) is 0 Å². The molecule has 25 heavy (non-hydrogen) atoms. The smallest absolute Gasteiger partial charge is 0.130 e. The molecule has 0 saturated heterocycles. The molecule has 0 unspecified atom stereocenters. The third-order valence-corrected chi connectivity index (χ3v) is 4.65. The lowest BCUT2D eigenvalue weighted by Crippen LogP contribution is -2.25. The Labute approximate surface area is 157 Å². The van der Waals surface area contributed by atoms with Gasteiger partial charge in [-0.15, -0.1) is 0 Å². The van der Waals surface area contributed by atoms with Crippen molar-refractivity contribution in [3.05, 3.63) is 81.9 Å². The molecule has 0 bridgehead atoms. The van der Waals surface area contributed by atoms with Gasteiger partial charge in [0, 0.05) is 41.6 Å². The van der Waals surface area contributed by atoms with Crippen molar-refractivity contribution >= 4 is 23.2 Å². The van der Waals surface area contributed by atoms with E-state index in [1.165, 1.54) is 0 Å². The van der Waals surface area contributed by atoms with Crippen molar-refractivity contribution < 1.29 is 4.74 Å². The Morgan fingerprint density at radius 3 is 2.68 bits per heavy atom. The number of aromatic nitrogens is 2. The molecule has 4 nitrogen and oxygen atoms in total. The van der Waals surface area contributed by atoms with Crippen LogP contribution < -0.4 is 10.1 Å². The molecule has 0 saturated carbocycles. The highest BCUT2D eigenvalue weighted by atomic mass is 35.5. The van der Waals surface area contributed by atoms with E-state index in [1.807, 2.05) is 60.3 Å². The number of methoxy groups -OCH3 is 1. The largest absolute Gasteiger partial charge is 0.496 e. The highest BCUT2D eigenvalue weighted by molar-refractivity contribution is 6.31. The Bertz CT molecular complexity index is 863. The quantitative estimate of drug-likeness (QED) is 0.683. The number of nitrogens with zero attached hydrogens (tertiary/aromatic N) is 2. The number of hydrogen-bond donors (Lipinski definition) is 1. The third-order valence-electron chi connectivity index (χ3n) is 4.07. The molecule has 0 aliphatic carbocycles. The summed E-state index contributed by atoms with van der Waals surface area (Å²) in [5.41, 5.74) is 1.95. The molecular weight excluding hydrogens is 357 g/mol. The summed E-state index contributed by atoms with van der Waals surface area (Å²) in [5.74, 6) is 1.67. The predicted molar refractivity (Wildman–Crippen MR) is 101 cm³/mol. The first kappa shape index (κ1) is 17.8. The highest BCUT2D eigenvalue weighted by Gasteiger charge is 2.20. The molecule has 0 aliphatic rings. The van der Waals surface area contributed by atoms with Crippen LogP contribution in [0.3, 0.4) is 0 Å². The van der Waals surface area contributed by atoms with E-state index in [2.05, 4.69) is 10.3 Å². The van der Waals surface area contributed by atoms with Crippen molar-refractivity contribution in [2.75, 3.05) is 7.11 Å². The maximum atomic E-state index is 6.43. The molecular formula is C19H19Cl2N3O. The van der Waals surface area contributed by atoms with Crippen molar-refractivity contribution in [2.24, 2.45) is 7.05 Å². The SMILES string of the molecule is COc1ccc(Cl)cc1CN[C@H](c1ccccc1Cl)c1nccn1C. The molecule has 3 rings (SSSR count). The van der Waals surface area contributed by atoms with Crippen LogP contribution in [0.1, 0.15) is 23.0 Å². The molecule has 6 heteroatoms. The number of rotatable bonds is 6. The summed E-state index contributed by atoms with van der Waals surface area (Å²) in [7, 11) is 3.62. The van der Waals surface area contributed by atoms with Gasteiger partial charge in [-0.05, 0) is 29.8 Å². The Hall–Kier alpha value is -2.01. The van der Waals surface area contributed by atoms with E-state index in [0.29, 0.717) is 16.6 Å². The van der Waals surface area contributed by atoms with Gasteiger partial charge in [-0.2, -0.15) is 0 Å². The van der Waals surface area contributed by atoms with E-state index < -0.39 is 0 Å². The van der Waals surface area contributed by atoms with Gasteiger partial charge in [-0.25, -0.2) is 4.98 Å². The number of hydrogen-bond acceptors (Lipinski definition) is 3. The molecule has 3 aromatic rings. The Morgan fingerprint density at radius 1 is 1.20 bits per heavy atom. The molecule has 0 aliphatic heterocycles. The highest BCUT2D eigenvalue weighted by Crippen LogP contribution is 2.29. The zero-order valence-electron chi connectivity index (χ0n) is 14.0. The minimum atomic E-state index is -0.155. The lowest BCUT2D eigenvalue weighted by Gasteiger charge is -2.21. The first-order chi connectivity index (χ1) is 12.1. The minimum absolute atomic E-state index is 0.155. The fourth-order valence-corrected chi connectivity index (χ4v) is 3.24. The fraction of sp³-hybridized carbons (Fsp3) is 0.211. The average molecular weight is 376 g/mol. The Morgan fingerprint density at radius 2 is 2.00 bits per heavy atom. The lowest BCUT2D eigenvalue weighted by atomic mass is 10.1. The van der Waals surface area contributed by atoms with Crippen LogP contribution in [0.15, 0.2) is 54.9 Å². The predicted octanol–water partition coefficient (Wildman–Crippen LogP) is 4.61. The van der Waals surface area contributed by atoms with Crippen LogP contribution in [0, 0.1) is 0 Å². The fourth-order valence-electron chi connectivity index (χ4n) is 2.80. The van der Waals surface area contributed by atoms with Crippen LogP contribution >= 0.6 is 23.2 Å². The summed E-state index contributed by atoms with van der Waals surface area (Å²) in [6, 6.07) is 13.2. The number of aryl methyl sites for hydroxylation is 1. The second-order valence-corrected chi connectivity index (χ2v) is 6.53. The normalized spacial score (nSPS) is 12.2. The zero-order valence-corrected chi connectivity index (χ0v) is 15.6. The lowest BCUT2D eigenvalue weighted by molar-refractivity contribution is 0.406. The molecule has 1 atom stereocenters. The standard InChI is InChI=1S/C19H19Cl2N3O/c1-24-10-9-22-19(24)18(15-5-3-4-6-16(15)21)23-12-13-11-14(20)7-8-17(13)25-2/h3-11,18,23H,12H2,1-2H3/t18-/m1/s1. The van der Waals surface area contributed by atoms with E-state index in [9.17, 15) is 0 Å². The first-order valence-corrected chi connectivity index (χ1v) is 8.63. The van der Waals surface area contributed by atoms with Gasteiger partial charge < -0.3 is 9.30 Å². The number of benzene rings is 2. The van der Waals surface area contributed by atoms with E-state index >= 15 is 0 Å². The summed E-state index contributed by atoms with van der Waals surface area (Å²) in [5, 5.41) is 4.90. The molecule has 0 radical (unpaired) electrons. The molecule has 0 amide bonds. The second-order valence-electron chi connectivity index (χ2n) is 5.69. The number of halogens is 2. The molecule has 130 valence electrons. The van der Waals surface area contributed by atoms with Gasteiger partial charge in [0.2, 0.25) is 0 Å². The monoisotopic (exact) mass is 375 g/mol. The van der Waals surface area contributed by atoms with Crippen LogP contribution in [0.25, 0.3) is 0 Å². The van der Waals surface area contributed by atoms with Crippen LogP contribution in [-0.2, 0) is 13.6 Å². The Kier molecular flexibility index (Phi) is 5.63. The third kappa shape index (κ3) is 3.98. The van der Waals surface area contributed by atoms with Gasteiger partial charge in [0.05, 0.1) is 13.2 Å². The number of ether oxygens (including phenoxy) is 1. The second kappa shape index (κ2) is 7.91. The molecule has 1 heterocycles. The zero-order chi connectivity index (χ0) is 17.8. The van der Waals surface area contributed by atoms with Gasteiger partial charge >= 0.3 is 0 Å². The molecule has 1 aromatic heterocycles. The maximum absolute atomic E-state index is 6.43. The van der Waals surface area contributed by atoms with Crippen molar-refractivity contribution in [3.8, 4) is 5.75 Å². The van der Waals surface area contributed by atoms with Gasteiger partial charge in [-0.1, -0.05) is 41.4 Å². The first-order valence-electron chi connectivity index (χ1n) is 7.87. The van der Waals surface area contributed by atoms with Crippen LogP contribution in [0.2, 0.25) is 10.0 Å².